The van der Waals surface area contributed by atoms with Crippen molar-refractivity contribution in [1.82, 2.24) is 59.2 Å². The zero-order chi connectivity index (χ0) is 63.9. The quantitative estimate of drug-likeness (QED) is 0.0944. The zero-order valence-electron chi connectivity index (χ0n) is 49.9. The van der Waals surface area contributed by atoms with Crippen LogP contribution in [-0.4, -0.2) is 154 Å². The first kappa shape index (κ1) is 63.1. The molecule has 6 aliphatic heterocycles. The van der Waals surface area contributed by atoms with Crippen molar-refractivity contribution in [3.8, 4) is 0 Å². The van der Waals surface area contributed by atoms with Crippen molar-refractivity contribution in [3.63, 3.8) is 0 Å². The number of H-pyrrole nitrogens is 1. The molecule has 0 unspecified atom stereocenters. The van der Waals surface area contributed by atoms with Crippen LogP contribution < -0.4 is 0 Å². The molecule has 9 heterocycles. The van der Waals surface area contributed by atoms with Gasteiger partial charge in [0.15, 0.2) is 0 Å². The highest BCUT2D eigenvalue weighted by Gasteiger charge is 2.42. The molecule has 3 aromatic heterocycles. The Morgan fingerprint density at radius 3 is 1.23 bits per heavy atom. The van der Waals surface area contributed by atoms with Crippen LogP contribution >= 0.6 is 15.9 Å². The molecule has 0 spiro atoms. The van der Waals surface area contributed by atoms with Gasteiger partial charge in [0.2, 0.25) is 0 Å². The number of aromatic amines is 1. The monoisotopic (exact) mass is 1270 g/mol. The van der Waals surface area contributed by atoms with Gasteiger partial charge in [0.05, 0.1) is 151 Å². The number of benzene rings is 3. The largest absolute Gasteiger partial charge is 0.328 e. The number of carbonyl (C=O) groups excluding carboxylic acids is 9. The Hall–Kier alpha value is -9.39. The predicted octanol–water partition coefficient (Wildman–Crippen LogP) is 9.27. The van der Waals surface area contributed by atoms with E-state index in [9.17, 15) is 56.3 Å². The van der Waals surface area contributed by atoms with E-state index in [0.717, 1.165) is 26.0 Å². The van der Waals surface area contributed by atoms with Crippen molar-refractivity contribution in [3.05, 3.63) is 194 Å². The number of fused-ring (bicyclic) bond motifs is 6. The minimum atomic E-state index is -0.441. The molecule has 0 radical (unpaired) electrons. The number of nitrogens with one attached hydrogen (secondary N) is 1. The Balaban J connectivity index is 0.000000146. The van der Waals surface area contributed by atoms with Gasteiger partial charge >= 0.3 is 0 Å². The maximum Gasteiger partial charge on any atom is 0.261 e. The summed E-state index contributed by atoms with van der Waals surface area (Å²) in [5.41, 5.74) is 6.03. The van der Waals surface area contributed by atoms with Crippen LogP contribution in [0.25, 0.3) is 0 Å². The Morgan fingerprint density at radius 1 is 0.466 bits per heavy atom. The second-order valence-corrected chi connectivity index (χ2v) is 25.0. The standard InChI is InChI=1S/2C21H21FN4O3.C12H9BrFNO2.C9H13N3O/c1-21(2,3)25-12-17-16(20(25)29)9-23-26(17)11-13(8-22)10-24-18(27)14-6-4-5-7-15(14)19(24)28;1-21(2,3)26-12-17-16(20(26)29)11-24(23-17)9-13(8-22)10-25-18(27)14-6-4-5-7-15(14)19(25)28;13-5-8(6-14)7-15-11(16)9-3-1-2-4-10(9)12(15)17;1-9(2,3)12-5-7-6(8(12)13)4-10-11-7/h4-9H,10-12H2,1-3H3;4-8,11H,9-10,12H2,1-3H3;1-4,6H,5,7H2;4H,5H2,1-3H3,(H,10,11)/b13-8+;13-8-;8-6-;. The summed E-state index contributed by atoms with van der Waals surface area (Å²) < 4.78 is 42.7. The summed E-state index contributed by atoms with van der Waals surface area (Å²) >= 11 is 3.10. The fourth-order valence-corrected chi connectivity index (χ4v) is 10.9. The second-order valence-electron chi connectivity index (χ2n) is 24.5. The Morgan fingerprint density at radius 2 is 0.841 bits per heavy atom. The molecule has 0 aliphatic carbocycles. The van der Waals surface area contributed by atoms with E-state index in [1.807, 2.05) is 67.2 Å². The van der Waals surface area contributed by atoms with E-state index in [1.165, 1.54) is 10.9 Å². The van der Waals surface area contributed by atoms with Crippen molar-refractivity contribution in [2.24, 2.45) is 0 Å². The van der Waals surface area contributed by atoms with Gasteiger partial charge in [-0.3, -0.25) is 72.3 Å². The fraction of sp³-hybridized carbons (Fsp3) is 0.333. The second kappa shape index (κ2) is 24.8. The summed E-state index contributed by atoms with van der Waals surface area (Å²) in [5.74, 6) is -2.63. The number of carbonyl (C=O) groups is 9. The lowest BCUT2D eigenvalue weighted by Gasteiger charge is -2.31. The first-order valence-electron chi connectivity index (χ1n) is 28.0. The minimum Gasteiger partial charge on any atom is -0.328 e. The summed E-state index contributed by atoms with van der Waals surface area (Å²) in [6.45, 7) is 19.0. The topological polar surface area (TPSA) is 237 Å². The lowest BCUT2D eigenvalue weighted by atomic mass is 10.1. The van der Waals surface area contributed by atoms with Gasteiger partial charge in [-0.05, 0) is 115 Å². The van der Waals surface area contributed by atoms with Crippen LogP contribution in [0.15, 0.2) is 127 Å². The van der Waals surface area contributed by atoms with Crippen molar-refractivity contribution >= 4 is 69.1 Å². The van der Waals surface area contributed by atoms with Crippen LogP contribution in [0.3, 0.4) is 0 Å². The van der Waals surface area contributed by atoms with Gasteiger partial charge in [-0.25, -0.2) is 13.2 Å². The zero-order valence-corrected chi connectivity index (χ0v) is 51.4. The number of nitrogens with zero attached hydrogens (tertiary/aromatic N) is 11. The van der Waals surface area contributed by atoms with Gasteiger partial charge < -0.3 is 14.7 Å². The highest BCUT2D eigenvalue weighted by atomic mass is 79.9. The molecular weight excluding hydrogens is 1210 g/mol. The van der Waals surface area contributed by atoms with Gasteiger partial charge in [0, 0.05) is 28.1 Å². The number of aromatic nitrogens is 6. The molecule has 6 aliphatic rings. The number of hydrogen-bond donors (Lipinski definition) is 1. The third kappa shape index (κ3) is 12.3. The number of amides is 9. The van der Waals surface area contributed by atoms with E-state index in [1.54, 1.807) is 99.7 Å². The number of hydrogen-bond acceptors (Lipinski definition) is 12. The number of imide groups is 3. The highest BCUT2D eigenvalue weighted by Crippen LogP contribution is 2.33. The molecule has 0 saturated heterocycles. The van der Waals surface area contributed by atoms with Crippen LogP contribution in [0, 0.1) is 0 Å². The van der Waals surface area contributed by atoms with Crippen molar-refractivity contribution < 1.29 is 56.3 Å². The van der Waals surface area contributed by atoms with Gasteiger partial charge in [-0.15, -0.1) is 0 Å². The maximum atomic E-state index is 13.7. The van der Waals surface area contributed by atoms with E-state index in [4.69, 9.17) is 0 Å². The molecular formula is C63H64BrF3N12O9. The third-order valence-electron chi connectivity index (χ3n) is 15.4. The van der Waals surface area contributed by atoms with Gasteiger partial charge in [0.1, 0.15) is 0 Å². The molecule has 3 aromatic carbocycles. The number of halogens is 4. The molecule has 25 heteroatoms. The van der Waals surface area contributed by atoms with Crippen LogP contribution in [0.5, 0.6) is 0 Å². The molecule has 12 rings (SSSR count). The fourth-order valence-electron chi connectivity index (χ4n) is 10.6. The molecule has 9 amide bonds. The summed E-state index contributed by atoms with van der Waals surface area (Å²) in [4.78, 5) is 119. The lowest BCUT2D eigenvalue weighted by Crippen LogP contribution is -2.41. The molecule has 88 heavy (non-hydrogen) atoms. The summed E-state index contributed by atoms with van der Waals surface area (Å²) in [6.07, 6.45) is 5.88. The molecule has 0 saturated carbocycles. The molecule has 0 atom stereocenters. The highest BCUT2D eigenvalue weighted by molar-refractivity contribution is 9.09. The Kier molecular flexibility index (Phi) is 17.8. The predicted molar refractivity (Wildman–Crippen MR) is 319 cm³/mol. The normalized spacial score (nSPS) is 16.4. The first-order valence-corrected chi connectivity index (χ1v) is 29.1. The summed E-state index contributed by atoms with van der Waals surface area (Å²) in [7, 11) is 0. The molecule has 1 N–H and O–H groups in total. The van der Waals surface area contributed by atoms with E-state index >= 15 is 0 Å². The van der Waals surface area contributed by atoms with E-state index < -0.39 is 23.6 Å². The van der Waals surface area contributed by atoms with Crippen LogP contribution in [-0.2, 0) is 32.7 Å². The SMILES string of the molecule is CC(C)(C)N1Cc2[nH]ncc2C1=O.CC(C)(C)N1Cc2c(cnn2C/C(=C/F)CN2C(=O)c3ccccc3C2=O)C1=O.CC(C)(C)N1Cc2nn(C/C(=C/F)CN3C(=O)c4ccccc4C3=O)cc2C1=O.O=C1c2ccccc2C(=O)N1C/C(=C\F)CBr. The lowest BCUT2D eigenvalue weighted by molar-refractivity contribution is 0.0595. The Labute approximate surface area is 513 Å². The van der Waals surface area contributed by atoms with E-state index in [-0.39, 0.29) is 95.4 Å². The molecule has 21 nitrogen and oxygen atoms in total. The number of alkyl halides is 1. The summed E-state index contributed by atoms with van der Waals surface area (Å²) in [6, 6.07) is 19.7. The van der Waals surface area contributed by atoms with E-state index in [0.29, 0.717) is 100 Å². The first-order chi connectivity index (χ1) is 41.6. The smallest absolute Gasteiger partial charge is 0.261 e. The van der Waals surface area contributed by atoms with Gasteiger partial charge in [-0.2, -0.15) is 15.3 Å². The van der Waals surface area contributed by atoms with Gasteiger partial charge in [-0.1, -0.05) is 52.3 Å². The third-order valence-corrected chi connectivity index (χ3v) is 16.1. The maximum absolute atomic E-state index is 13.7. The van der Waals surface area contributed by atoms with Gasteiger partial charge in [0.25, 0.3) is 53.2 Å². The van der Waals surface area contributed by atoms with Crippen LogP contribution in [0.2, 0.25) is 0 Å². The molecule has 458 valence electrons. The molecule has 6 aromatic rings. The molecule has 0 bridgehead atoms. The Bertz CT molecular complexity index is 3840. The number of rotatable bonds is 11. The van der Waals surface area contributed by atoms with Crippen LogP contribution in [0.1, 0.15) is 173 Å². The van der Waals surface area contributed by atoms with Crippen molar-refractivity contribution in [1.29, 1.82) is 0 Å². The van der Waals surface area contributed by atoms with E-state index in [2.05, 4.69) is 36.3 Å². The molecule has 0 fully saturated rings. The average Bonchev–Trinajstić information content (AvgIpc) is 2.38. The minimum absolute atomic E-state index is 0.0197. The van der Waals surface area contributed by atoms with Crippen LogP contribution in [0.4, 0.5) is 13.2 Å². The van der Waals surface area contributed by atoms with Crippen molar-refractivity contribution in [2.75, 3.05) is 25.0 Å². The van der Waals surface area contributed by atoms with Crippen molar-refractivity contribution in [2.45, 2.75) is 112 Å². The summed E-state index contributed by atoms with van der Waals surface area (Å²) in [5, 5.41) is 15.6. The average molecular weight is 1270 g/mol.